The predicted octanol–water partition coefficient (Wildman–Crippen LogP) is 4.03. The standard InChI is InChI=1S/C21H19FN2O6/c1-13-11-17(14(2)23(13)10-9-15-3-5-16(22)6-4-15)18(25)12-29-21(26)19-7-8-20(30-19)24(27)28/h3-8,11H,9-10,12H2,1-2H3. The first-order valence-electron chi connectivity index (χ1n) is 9.12. The van der Waals surface area contributed by atoms with Crippen molar-refractivity contribution in [1.82, 2.24) is 4.57 Å². The second-order valence-corrected chi connectivity index (χ2v) is 6.71. The summed E-state index contributed by atoms with van der Waals surface area (Å²) in [5.74, 6) is -2.58. The van der Waals surface area contributed by atoms with E-state index in [4.69, 9.17) is 9.15 Å². The smallest absolute Gasteiger partial charge is 0.433 e. The maximum Gasteiger partial charge on any atom is 0.433 e. The van der Waals surface area contributed by atoms with Gasteiger partial charge in [0, 0.05) is 23.5 Å². The lowest BCUT2D eigenvalue weighted by molar-refractivity contribution is -0.402. The number of Topliss-reactive ketones (excluding diaryl/α,β-unsaturated/α-hetero) is 1. The largest absolute Gasteiger partial charge is 0.451 e. The third-order valence-corrected chi connectivity index (χ3v) is 4.72. The van der Waals surface area contributed by atoms with Crippen molar-refractivity contribution in [3.8, 4) is 0 Å². The van der Waals surface area contributed by atoms with Crippen LogP contribution in [0.5, 0.6) is 0 Å². The topological polar surface area (TPSA) is 105 Å². The van der Waals surface area contributed by atoms with Crippen molar-refractivity contribution in [2.24, 2.45) is 0 Å². The van der Waals surface area contributed by atoms with E-state index >= 15 is 0 Å². The molecule has 0 atom stereocenters. The SMILES string of the molecule is Cc1cc(C(=O)COC(=O)c2ccc([N+](=O)[O-])o2)c(C)n1CCc1ccc(F)cc1. The van der Waals surface area contributed by atoms with Crippen molar-refractivity contribution in [3.05, 3.63) is 86.7 Å². The molecule has 3 rings (SSSR count). The van der Waals surface area contributed by atoms with Gasteiger partial charge in [-0.05, 0) is 50.1 Å². The lowest BCUT2D eigenvalue weighted by Gasteiger charge is -2.10. The van der Waals surface area contributed by atoms with E-state index in [1.807, 2.05) is 11.5 Å². The van der Waals surface area contributed by atoms with E-state index in [1.54, 1.807) is 25.1 Å². The van der Waals surface area contributed by atoms with Gasteiger partial charge in [0.1, 0.15) is 10.7 Å². The zero-order valence-corrected chi connectivity index (χ0v) is 16.4. The second kappa shape index (κ2) is 8.73. The molecule has 30 heavy (non-hydrogen) atoms. The Labute approximate surface area is 171 Å². The van der Waals surface area contributed by atoms with Gasteiger partial charge in [-0.3, -0.25) is 14.9 Å². The Bertz CT molecular complexity index is 1100. The zero-order chi connectivity index (χ0) is 21.8. The molecule has 9 heteroatoms. The van der Waals surface area contributed by atoms with Crippen molar-refractivity contribution in [3.63, 3.8) is 0 Å². The molecule has 0 aliphatic carbocycles. The van der Waals surface area contributed by atoms with Gasteiger partial charge < -0.3 is 13.7 Å². The third kappa shape index (κ3) is 4.62. The van der Waals surface area contributed by atoms with Gasteiger partial charge in [0.2, 0.25) is 11.5 Å². The van der Waals surface area contributed by atoms with Crippen LogP contribution in [0, 0.1) is 29.8 Å². The van der Waals surface area contributed by atoms with E-state index in [-0.39, 0.29) is 11.6 Å². The van der Waals surface area contributed by atoms with Crippen molar-refractivity contribution < 1.29 is 28.1 Å². The quantitative estimate of drug-likeness (QED) is 0.239. The molecule has 0 saturated carbocycles. The van der Waals surface area contributed by atoms with Gasteiger partial charge >= 0.3 is 11.9 Å². The number of aromatic nitrogens is 1. The number of nitro groups is 1. The molecule has 1 aromatic carbocycles. The minimum absolute atomic E-state index is 0.293. The summed E-state index contributed by atoms with van der Waals surface area (Å²) in [4.78, 5) is 34.3. The van der Waals surface area contributed by atoms with Crippen LogP contribution >= 0.6 is 0 Å². The zero-order valence-electron chi connectivity index (χ0n) is 16.4. The van der Waals surface area contributed by atoms with Crippen LogP contribution in [0.15, 0.2) is 46.9 Å². The number of nitrogens with zero attached hydrogens (tertiary/aromatic N) is 2. The first-order chi connectivity index (χ1) is 14.3. The number of ketones is 1. The molecule has 0 radical (unpaired) electrons. The fourth-order valence-corrected chi connectivity index (χ4v) is 3.13. The van der Waals surface area contributed by atoms with Crippen LogP contribution in [0.1, 0.15) is 37.9 Å². The number of benzene rings is 1. The minimum atomic E-state index is -0.957. The van der Waals surface area contributed by atoms with E-state index < -0.39 is 29.2 Å². The normalized spacial score (nSPS) is 10.8. The summed E-state index contributed by atoms with van der Waals surface area (Å²) >= 11 is 0. The molecule has 0 fully saturated rings. The Morgan fingerprint density at radius 3 is 2.50 bits per heavy atom. The van der Waals surface area contributed by atoms with Crippen LogP contribution in [0.25, 0.3) is 0 Å². The number of aryl methyl sites for hydroxylation is 2. The van der Waals surface area contributed by atoms with Crippen LogP contribution in [0.4, 0.5) is 10.3 Å². The molecular weight excluding hydrogens is 395 g/mol. The highest BCUT2D eigenvalue weighted by molar-refractivity contribution is 6.00. The fourth-order valence-electron chi connectivity index (χ4n) is 3.13. The molecule has 2 heterocycles. The van der Waals surface area contributed by atoms with Crippen molar-refractivity contribution in [2.45, 2.75) is 26.8 Å². The summed E-state index contributed by atoms with van der Waals surface area (Å²) in [6.45, 7) is 3.74. The van der Waals surface area contributed by atoms with Crippen LogP contribution in [-0.4, -0.2) is 27.8 Å². The minimum Gasteiger partial charge on any atom is -0.451 e. The molecule has 0 unspecified atom stereocenters. The number of ether oxygens (including phenoxy) is 1. The van der Waals surface area contributed by atoms with Crippen LogP contribution in [0.2, 0.25) is 0 Å². The molecule has 0 N–H and O–H groups in total. The lowest BCUT2D eigenvalue weighted by Crippen LogP contribution is -2.15. The molecule has 2 aromatic heterocycles. The summed E-state index contributed by atoms with van der Waals surface area (Å²) in [7, 11) is 0. The Morgan fingerprint density at radius 1 is 1.17 bits per heavy atom. The average molecular weight is 414 g/mol. The summed E-state index contributed by atoms with van der Waals surface area (Å²) in [6, 6.07) is 10.1. The van der Waals surface area contributed by atoms with Crippen molar-refractivity contribution in [2.75, 3.05) is 6.61 Å². The van der Waals surface area contributed by atoms with Crippen LogP contribution in [-0.2, 0) is 17.7 Å². The summed E-state index contributed by atoms with van der Waals surface area (Å²) in [5, 5.41) is 10.6. The fraction of sp³-hybridized carbons (Fsp3) is 0.238. The highest BCUT2D eigenvalue weighted by Crippen LogP contribution is 2.19. The van der Waals surface area contributed by atoms with Gasteiger partial charge in [-0.25, -0.2) is 9.18 Å². The molecule has 0 saturated heterocycles. The van der Waals surface area contributed by atoms with E-state index in [1.165, 1.54) is 12.1 Å². The van der Waals surface area contributed by atoms with Gasteiger partial charge in [0.15, 0.2) is 6.61 Å². The number of carbonyl (C=O) groups is 2. The monoisotopic (exact) mass is 414 g/mol. The number of hydrogen-bond donors (Lipinski definition) is 0. The first-order valence-corrected chi connectivity index (χ1v) is 9.12. The van der Waals surface area contributed by atoms with E-state index in [2.05, 4.69) is 0 Å². The molecule has 156 valence electrons. The van der Waals surface area contributed by atoms with Gasteiger partial charge in [-0.2, -0.15) is 0 Å². The number of rotatable bonds is 8. The second-order valence-electron chi connectivity index (χ2n) is 6.71. The van der Waals surface area contributed by atoms with Crippen molar-refractivity contribution in [1.29, 1.82) is 0 Å². The van der Waals surface area contributed by atoms with E-state index in [0.717, 1.165) is 29.1 Å². The van der Waals surface area contributed by atoms with E-state index in [9.17, 15) is 24.1 Å². The van der Waals surface area contributed by atoms with Crippen molar-refractivity contribution >= 4 is 17.6 Å². The van der Waals surface area contributed by atoms with Gasteiger partial charge in [-0.1, -0.05) is 12.1 Å². The molecule has 0 aliphatic rings. The summed E-state index contributed by atoms with van der Waals surface area (Å²) in [6.07, 6.45) is 0.663. The summed E-state index contributed by atoms with van der Waals surface area (Å²) < 4.78 is 24.7. The number of esters is 1. The number of furan rings is 1. The average Bonchev–Trinajstić information content (AvgIpc) is 3.31. The van der Waals surface area contributed by atoms with E-state index in [0.29, 0.717) is 18.5 Å². The van der Waals surface area contributed by atoms with Crippen LogP contribution < -0.4 is 0 Å². The maximum atomic E-state index is 13.0. The molecule has 0 spiro atoms. The molecule has 3 aromatic rings. The third-order valence-electron chi connectivity index (χ3n) is 4.72. The number of halogens is 1. The lowest BCUT2D eigenvalue weighted by atomic mass is 10.1. The van der Waals surface area contributed by atoms with Crippen LogP contribution in [0.3, 0.4) is 0 Å². The Balaban J connectivity index is 1.63. The highest BCUT2D eigenvalue weighted by atomic mass is 19.1. The Kier molecular flexibility index (Phi) is 6.10. The molecule has 8 nitrogen and oxygen atoms in total. The number of hydrogen-bond acceptors (Lipinski definition) is 6. The van der Waals surface area contributed by atoms with Gasteiger partial charge in [-0.15, -0.1) is 0 Å². The maximum absolute atomic E-state index is 13.0. The summed E-state index contributed by atoms with van der Waals surface area (Å²) in [5.41, 5.74) is 2.98. The first kappa shape index (κ1) is 21.0. The Morgan fingerprint density at radius 2 is 1.87 bits per heavy atom. The molecule has 0 bridgehead atoms. The molecule has 0 aliphatic heterocycles. The molecular formula is C21H19FN2O6. The molecule has 0 amide bonds. The Hall–Kier alpha value is -3.75. The highest BCUT2D eigenvalue weighted by Gasteiger charge is 2.21. The number of carbonyl (C=O) groups excluding carboxylic acids is 2. The predicted molar refractivity (Wildman–Crippen MR) is 104 cm³/mol. The van der Waals surface area contributed by atoms with Gasteiger partial charge in [0.25, 0.3) is 0 Å². The van der Waals surface area contributed by atoms with Gasteiger partial charge in [0.05, 0.1) is 6.07 Å².